The van der Waals surface area contributed by atoms with Gasteiger partial charge >= 0.3 is 12.4 Å². The quantitative estimate of drug-likeness (QED) is 0.180. The number of halogens is 8. The second-order valence-electron chi connectivity index (χ2n) is 18.2. The van der Waals surface area contributed by atoms with Crippen LogP contribution in [0.2, 0.25) is 0 Å². The van der Waals surface area contributed by atoms with Crippen LogP contribution < -0.4 is 20.4 Å². The van der Waals surface area contributed by atoms with Crippen LogP contribution in [0.4, 0.5) is 69.5 Å². The van der Waals surface area contributed by atoms with E-state index in [1.807, 2.05) is 36.4 Å². The Bertz CT molecular complexity index is 2340. The summed E-state index contributed by atoms with van der Waals surface area (Å²) in [5.41, 5.74) is 5.17. The van der Waals surface area contributed by atoms with Gasteiger partial charge in [0.2, 0.25) is 11.8 Å². The van der Waals surface area contributed by atoms with Crippen molar-refractivity contribution in [1.29, 1.82) is 0 Å². The largest absolute Gasteiger partial charge is 0.401 e. The number of pyridine rings is 2. The number of anilines is 6. The Hall–Kier alpha value is -5.52. The monoisotopic (exact) mass is 988 g/mol. The fourth-order valence-electron chi connectivity index (χ4n) is 9.73. The molecular formula is C48H52F8N8O6. The summed E-state index contributed by atoms with van der Waals surface area (Å²) in [5, 5.41) is 6.41. The molecule has 0 radical (unpaired) electrons. The molecule has 6 aliphatic rings. The molecule has 10 rings (SSSR count). The lowest BCUT2D eigenvalue weighted by Gasteiger charge is -2.34. The van der Waals surface area contributed by atoms with E-state index >= 15 is 0 Å². The third-order valence-corrected chi connectivity index (χ3v) is 13.2. The molecule has 2 N–H and O–H groups in total. The second-order valence-corrected chi connectivity index (χ2v) is 18.2. The van der Waals surface area contributed by atoms with E-state index in [9.17, 15) is 44.7 Å². The Morgan fingerprint density at radius 1 is 0.586 bits per heavy atom. The molecule has 6 aliphatic heterocycles. The molecule has 70 heavy (non-hydrogen) atoms. The first-order chi connectivity index (χ1) is 33.5. The maximum absolute atomic E-state index is 14.0. The zero-order chi connectivity index (χ0) is 49.2. The summed E-state index contributed by atoms with van der Waals surface area (Å²) in [6, 6.07) is 13.8. The third kappa shape index (κ3) is 12.0. The van der Waals surface area contributed by atoms with Gasteiger partial charge in [-0.2, -0.15) is 26.3 Å². The summed E-state index contributed by atoms with van der Waals surface area (Å²) in [6.07, 6.45) is -5.59. The molecular weight excluding hydrogens is 937 g/mol. The molecule has 2 aromatic carbocycles. The number of benzene rings is 2. The van der Waals surface area contributed by atoms with E-state index in [0.29, 0.717) is 111 Å². The predicted molar refractivity (Wildman–Crippen MR) is 240 cm³/mol. The van der Waals surface area contributed by atoms with Crippen molar-refractivity contribution in [2.75, 3.05) is 99.3 Å². The summed E-state index contributed by atoms with van der Waals surface area (Å²) in [5.74, 6) is -1.40. The number of nitrogens with zero attached hydrogens (tertiary/aromatic N) is 6. The van der Waals surface area contributed by atoms with Crippen LogP contribution in [0.3, 0.4) is 0 Å². The van der Waals surface area contributed by atoms with Crippen molar-refractivity contribution in [1.82, 2.24) is 19.8 Å². The molecule has 22 heteroatoms. The lowest BCUT2D eigenvalue weighted by atomic mass is 9.94. The van der Waals surface area contributed by atoms with Crippen LogP contribution in [0, 0.1) is 23.5 Å². The minimum atomic E-state index is -4.27. The van der Waals surface area contributed by atoms with Crippen LogP contribution in [-0.2, 0) is 41.6 Å². The number of carbonyl (C=O) groups is 2. The standard InChI is InChI=1S/2C24H26F4N4O3/c2*25-18-9-17-12-32(23(33)15-3-5-31(6-4-15)14-24(26,27)28)20-10-16(21-13-34-7-8-35-21)1-2-19(20)30-22(17)29-11-18/h2*1-2,9-11,15,21H,3-8,12-14H2,(H,29,30)/t2*21-/m10/s1. The molecule has 14 nitrogen and oxygen atoms in total. The molecule has 2 aromatic heterocycles. The lowest BCUT2D eigenvalue weighted by molar-refractivity contribution is -0.150. The van der Waals surface area contributed by atoms with Crippen molar-refractivity contribution < 1.29 is 63.7 Å². The maximum Gasteiger partial charge on any atom is 0.401 e. The van der Waals surface area contributed by atoms with Gasteiger partial charge in [0.15, 0.2) is 0 Å². The van der Waals surface area contributed by atoms with Gasteiger partial charge in [0, 0.05) is 23.0 Å². The van der Waals surface area contributed by atoms with E-state index in [1.54, 1.807) is 9.80 Å². The number of amides is 2. The van der Waals surface area contributed by atoms with E-state index in [1.165, 1.54) is 21.9 Å². The Morgan fingerprint density at radius 2 is 0.986 bits per heavy atom. The van der Waals surface area contributed by atoms with Crippen molar-refractivity contribution in [3.05, 3.63) is 94.8 Å². The Morgan fingerprint density at radius 3 is 1.34 bits per heavy atom. The first-order valence-electron chi connectivity index (χ1n) is 23.2. The van der Waals surface area contributed by atoms with Gasteiger partial charge in [-0.05, 0) is 99.4 Å². The van der Waals surface area contributed by atoms with Gasteiger partial charge < -0.3 is 39.4 Å². The highest BCUT2D eigenvalue weighted by Crippen LogP contribution is 2.41. The van der Waals surface area contributed by atoms with E-state index in [0.717, 1.165) is 23.5 Å². The van der Waals surface area contributed by atoms with Crippen molar-refractivity contribution >= 4 is 46.2 Å². The normalized spacial score (nSPS) is 21.6. The Labute approximate surface area is 398 Å². The third-order valence-electron chi connectivity index (χ3n) is 13.2. The molecule has 4 fully saturated rings. The number of aromatic nitrogens is 2. The molecule has 2 atom stereocenters. The molecule has 0 bridgehead atoms. The average Bonchev–Trinajstić information content (AvgIpc) is 3.61. The number of nitrogens with one attached hydrogen (secondary N) is 2. The van der Waals surface area contributed by atoms with E-state index in [2.05, 4.69) is 20.6 Å². The highest BCUT2D eigenvalue weighted by molar-refractivity contribution is 6.01. The summed E-state index contributed by atoms with van der Waals surface area (Å²) in [6.45, 7) is 1.75. The highest BCUT2D eigenvalue weighted by atomic mass is 19.4. The fraction of sp³-hybridized carbons (Fsp3) is 0.500. The predicted octanol–water partition coefficient (Wildman–Crippen LogP) is 8.35. The molecule has 0 saturated carbocycles. The fourth-order valence-corrected chi connectivity index (χ4v) is 9.73. The number of fused-ring (bicyclic) bond motifs is 4. The number of ether oxygens (including phenoxy) is 4. The van der Waals surface area contributed by atoms with Gasteiger partial charge in [-0.25, -0.2) is 18.7 Å². The van der Waals surface area contributed by atoms with Gasteiger partial charge in [-0.1, -0.05) is 12.1 Å². The SMILES string of the molecule is O=C(C1CCN(CC(F)(F)F)CC1)N1Cc2cc(F)cnc2Nc2ccc([C@@H]3COCCO3)cc21.O=C(C1CCN(CC(F)(F)F)CC1)N1Cc2cc(F)cnc2Nc2ccc([C@H]3COCCO3)cc21. The summed E-state index contributed by atoms with van der Waals surface area (Å²) in [7, 11) is 0. The number of alkyl halides is 6. The minimum absolute atomic E-state index is 0.0904. The lowest BCUT2D eigenvalue weighted by Crippen LogP contribution is -2.45. The van der Waals surface area contributed by atoms with E-state index in [4.69, 9.17) is 18.9 Å². The number of hydrogen-bond donors (Lipinski definition) is 2. The zero-order valence-corrected chi connectivity index (χ0v) is 38.0. The van der Waals surface area contributed by atoms with Crippen LogP contribution >= 0.6 is 0 Å². The maximum atomic E-state index is 14.0. The van der Waals surface area contributed by atoms with Gasteiger partial charge in [-0.15, -0.1) is 0 Å². The summed E-state index contributed by atoms with van der Waals surface area (Å²) in [4.78, 5) is 41.6. The van der Waals surface area contributed by atoms with Crippen molar-refractivity contribution in [2.45, 2.75) is 63.3 Å². The number of likely N-dealkylation sites (tertiary alicyclic amines) is 2. The second kappa shape index (κ2) is 21.1. The Balaban J connectivity index is 0.000000174. The van der Waals surface area contributed by atoms with Gasteiger partial charge in [0.05, 0.1) is 101 Å². The number of hydrogen-bond acceptors (Lipinski definition) is 12. The summed E-state index contributed by atoms with van der Waals surface area (Å²) >= 11 is 0. The minimum Gasteiger partial charge on any atom is -0.376 e. The molecule has 0 spiro atoms. The van der Waals surface area contributed by atoms with E-state index < -0.39 is 48.9 Å². The molecule has 376 valence electrons. The molecule has 8 heterocycles. The first kappa shape index (κ1) is 49.5. The van der Waals surface area contributed by atoms with Crippen molar-refractivity contribution in [3.63, 3.8) is 0 Å². The summed E-state index contributed by atoms with van der Waals surface area (Å²) < 4.78 is 127. The first-order valence-corrected chi connectivity index (χ1v) is 23.2. The van der Waals surface area contributed by atoms with Gasteiger partial charge in [-0.3, -0.25) is 19.4 Å². The molecule has 0 aliphatic carbocycles. The topological polar surface area (TPSA) is 134 Å². The van der Waals surface area contributed by atoms with Gasteiger partial charge in [0.25, 0.3) is 0 Å². The average molecular weight is 989 g/mol. The number of rotatable bonds is 6. The molecule has 0 unspecified atom stereocenters. The molecule has 4 aromatic rings. The van der Waals surface area contributed by atoms with Gasteiger partial charge in [0.1, 0.15) is 35.5 Å². The molecule has 2 amide bonds. The van der Waals surface area contributed by atoms with Crippen LogP contribution in [0.5, 0.6) is 0 Å². The Kier molecular flexibility index (Phi) is 14.9. The van der Waals surface area contributed by atoms with Crippen molar-refractivity contribution in [3.8, 4) is 0 Å². The number of piperidine rings is 2. The van der Waals surface area contributed by atoms with Crippen LogP contribution in [0.25, 0.3) is 0 Å². The van der Waals surface area contributed by atoms with Crippen molar-refractivity contribution in [2.24, 2.45) is 11.8 Å². The van der Waals surface area contributed by atoms with Crippen LogP contribution in [0.15, 0.2) is 60.9 Å². The zero-order valence-electron chi connectivity index (χ0n) is 38.0. The van der Waals surface area contributed by atoms with E-state index in [-0.39, 0.29) is 63.3 Å². The number of carbonyl (C=O) groups excluding carboxylic acids is 2. The van der Waals surface area contributed by atoms with Crippen LogP contribution in [-0.4, -0.2) is 123 Å². The molecule has 4 saturated heterocycles. The smallest absolute Gasteiger partial charge is 0.376 e. The van der Waals surface area contributed by atoms with Crippen LogP contribution in [0.1, 0.15) is 60.1 Å². The highest BCUT2D eigenvalue weighted by Gasteiger charge is 2.39.